The van der Waals surface area contributed by atoms with E-state index in [1.54, 1.807) is 47.6 Å². The second kappa shape index (κ2) is 13.2. The van der Waals surface area contributed by atoms with Crippen LogP contribution in [0.25, 0.3) is 5.69 Å². The lowest BCUT2D eigenvalue weighted by atomic mass is 9.87. The van der Waals surface area contributed by atoms with Crippen LogP contribution in [-0.4, -0.2) is 43.8 Å². The average molecular weight is 600 g/mol. The van der Waals surface area contributed by atoms with Crippen molar-refractivity contribution in [1.29, 1.82) is 0 Å². The summed E-state index contributed by atoms with van der Waals surface area (Å²) in [6.07, 6.45) is 14.7. The normalized spacial score (nSPS) is 17.2. The van der Waals surface area contributed by atoms with Crippen LogP contribution in [0.5, 0.6) is 0 Å². The molecule has 3 atom stereocenters. The van der Waals surface area contributed by atoms with E-state index in [2.05, 4.69) is 42.1 Å². The Kier molecular flexibility index (Phi) is 9.12. The summed E-state index contributed by atoms with van der Waals surface area (Å²) in [7, 11) is 0. The van der Waals surface area contributed by atoms with Gasteiger partial charge in [-0.15, -0.1) is 6.42 Å². The molecule has 8 nitrogen and oxygen atoms in total. The molecule has 1 unspecified atom stereocenters. The van der Waals surface area contributed by atoms with Crippen molar-refractivity contribution < 1.29 is 14.7 Å². The molecule has 0 fully saturated rings. The average Bonchev–Trinajstić information content (AvgIpc) is 3.63. The van der Waals surface area contributed by atoms with E-state index in [1.807, 2.05) is 61.5 Å². The number of amides is 2. The van der Waals surface area contributed by atoms with Crippen LogP contribution >= 0.6 is 0 Å². The van der Waals surface area contributed by atoms with Gasteiger partial charge in [0.15, 0.2) is 0 Å². The largest absolute Gasteiger partial charge is 0.389 e. The van der Waals surface area contributed by atoms with Gasteiger partial charge in [0.2, 0.25) is 5.91 Å². The third-order valence-corrected chi connectivity index (χ3v) is 8.05. The summed E-state index contributed by atoms with van der Waals surface area (Å²) in [5.41, 5.74) is 4.63. The molecule has 0 spiro atoms. The van der Waals surface area contributed by atoms with E-state index < -0.39 is 30.0 Å². The number of carbonyl (C=O) groups is 2. The number of para-hydroxylation sites is 1. The van der Waals surface area contributed by atoms with Crippen LogP contribution in [-0.2, 0) is 10.2 Å². The van der Waals surface area contributed by atoms with Gasteiger partial charge in [0.1, 0.15) is 6.04 Å². The number of aliphatic hydroxyl groups excluding tert-OH is 1. The second-order valence-corrected chi connectivity index (χ2v) is 12.1. The van der Waals surface area contributed by atoms with Crippen molar-refractivity contribution in [1.82, 2.24) is 20.1 Å². The summed E-state index contributed by atoms with van der Waals surface area (Å²) < 4.78 is 1.63. The van der Waals surface area contributed by atoms with Gasteiger partial charge in [0, 0.05) is 36.3 Å². The Labute approximate surface area is 264 Å². The van der Waals surface area contributed by atoms with Gasteiger partial charge < -0.3 is 10.4 Å². The van der Waals surface area contributed by atoms with Gasteiger partial charge in [-0.1, -0.05) is 63.1 Å². The van der Waals surface area contributed by atoms with Crippen molar-refractivity contribution in [3.63, 3.8) is 0 Å². The highest BCUT2D eigenvalue weighted by molar-refractivity contribution is 6.10. The maximum absolute atomic E-state index is 14.5. The van der Waals surface area contributed by atoms with Crippen LogP contribution in [0.15, 0.2) is 115 Å². The minimum absolute atomic E-state index is 0.111. The molecule has 4 aromatic rings. The standard InChI is InChI=1S/C37H37N5O3/c1-6-7-15-31-25(2)33(43)21-32(31)40-35(44)34(26-12-11-20-38-22-26)42(30-18-16-28(17-19-30)37(3,4)5)36(45)27-23-39-41(24-27)29-13-9-8-10-14-29/h1,7-20,22-24,32-34,43H,21H2,2-5H3,(H,40,44)/b15-7-/t32-,33+,34?/m0/s1. The number of terminal acetylenes is 1. The van der Waals surface area contributed by atoms with E-state index in [9.17, 15) is 14.7 Å². The van der Waals surface area contributed by atoms with Crippen molar-refractivity contribution in [3.05, 3.63) is 132 Å². The van der Waals surface area contributed by atoms with E-state index in [0.717, 1.165) is 22.4 Å². The van der Waals surface area contributed by atoms with Crippen molar-refractivity contribution in [2.75, 3.05) is 4.90 Å². The second-order valence-electron chi connectivity index (χ2n) is 12.1. The Morgan fingerprint density at radius 1 is 1.09 bits per heavy atom. The third kappa shape index (κ3) is 6.79. The molecule has 0 saturated heterocycles. The number of aliphatic hydroxyl groups is 1. The molecule has 2 heterocycles. The summed E-state index contributed by atoms with van der Waals surface area (Å²) in [6, 6.07) is 19.1. The Bertz CT molecular complexity index is 1760. The highest BCUT2D eigenvalue weighted by Crippen LogP contribution is 2.34. The molecule has 45 heavy (non-hydrogen) atoms. The molecule has 0 bridgehead atoms. The first-order chi connectivity index (χ1) is 21.6. The quantitative estimate of drug-likeness (QED) is 0.253. The fraction of sp³-hybridized carbons (Fsp3) is 0.243. The minimum atomic E-state index is -1.09. The lowest BCUT2D eigenvalue weighted by molar-refractivity contribution is -0.123. The lowest BCUT2D eigenvalue weighted by Gasteiger charge is -2.32. The van der Waals surface area contributed by atoms with Crippen LogP contribution in [0.2, 0.25) is 0 Å². The van der Waals surface area contributed by atoms with Crippen LogP contribution < -0.4 is 10.2 Å². The summed E-state index contributed by atoms with van der Waals surface area (Å²) in [5, 5.41) is 18.2. The van der Waals surface area contributed by atoms with Crippen molar-refractivity contribution in [2.45, 2.75) is 57.7 Å². The molecule has 2 N–H and O–H groups in total. The number of hydrogen-bond acceptors (Lipinski definition) is 5. The number of rotatable bonds is 8. The Morgan fingerprint density at radius 3 is 2.47 bits per heavy atom. The molecular formula is C37H37N5O3. The summed E-state index contributed by atoms with van der Waals surface area (Å²) >= 11 is 0. The Hall–Kier alpha value is -5.26. The van der Waals surface area contributed by atoms with Crippen molar-refractivity contribution in [3.8, 4) is 18.0 Å². The van der Waals surface area contributed by atoms with Gasteiger partial charge in [0.05, 0.1) is 29.6 Å². The van der Waals surface area contributed by atoms with Crippen molar-refractivity contribution in [2.24, 2.45) is 0 Å². The number of anilines is 1. The number of carbonyl (C=O) groups excluding carboxylic acids is 2. The molecule has 2 aromatic carbocycles. The van der Waals surface area contributed by atoms with Gasteiger partial charge in [0.25, 0.3) is 5.91 Å². The maximum atomic E-state index is 14.5. The zero-order valence-corrected chi connectivity index (χ0v) is 25.9. The first kappa shape index (κ1) is 31.2. The zero-order valence-electron chi connectivity index (χ0n) is 25.9. The molecule has 2 amide bonds. The van der Waals surface area contributed by atoms with E-state index in [1.165, 1.54) is 11.1 Å². The van der Waals surface area contributed by atoms with Gasteiger partial charge in [-0.25, -0.2) is 4.68 Å². The van der Waals surface area contributed by atoms with Crippen LogP contribution in [0.4, 0.5) is 5.69 Å². The van der Waals surface area contributed by atoms with Gasteiger partial charge >= 0.3 is 0 Å². The smallest absolute Gasteiger partial charge is 0.262 e. The Balaban J connectivity index is 1.60. The highest BCUT2D eigenvalue weighted by Gasteiger charge is 2.37. The number of benzene rings is 2. The van der Waals surface area contributed by atoms with E-state index >= 15 is 0 Å². The fourth-order valence-corrected chi connectivity index (χ4v) is 5.52. The van der Waals surface area contributed by atoms with Gasteiger partial charge in [-0.3, -0.25) is 19.5 Å². The molecule has 0 radical (unpaired) electrons. The fourth-order valence-electron chi connectivity index (χ4n) is 5.52. The summed E-state index contributed by atoms with van der Waals surface area (Å²) in [6.45, 7) is 8.17. The molecule has 1 aliphatic carbocycles. The topological polar surface area (TPSA) is 100 Å². The molecular weight excluding hydrogens is 562 g/mol. The number of nitrogens with one attached hydrogen (secondary N) is 1. The van der Waals surface area contributed by atoms with Gasteiger partial charge in [-0.2, -0.15) is 5.10 Å². The monoisotopic (exact) mass is 599 g/mol. The molecule has 0 aliphatic heterocycles. The first-order valence-electron chi connectivity index (χ1n) is 14.8. The van der Waals surface area contributed by atoms with Gasteiger partial charge in [-0.05, 0) is 71.5 Å². The number of nitrogens with zero attached hydrogens (tertiary/aromatic N) is 4. The molecule has 5 rings (SSSR count). The SMILES string of the molecule is C#C/C=C\C1=C(C)[C@H](O)C[C@@H]1NC(=O)C(c1cccnc1)N(C(=O)c1cnn(-c2ccccc2)c1)c1ccc(C(C)(C)C)cc1. The number of hydrogen-bond donors (Lipinski definition) is 2. The van der Waals surface area contributed by atoms with E-state index in [4.69, 9.17) is 6.42 Å². The highest BCUT2D eigenvalue weighted by atomic mass is 16.3. The minimum Gasteiger partial charge on any atom is -0.389 e. The third-order valence-electron chi connectivity index (χ3n) is 8.05. The number of allylic oxidation sites excluding steroid dienone is 1. The van der Waals surface area contributed by atoms with Crippen LogP contribution in [0, 0.1) is 12.3 Å². The molecule has 0 saturated carbocycles. The molecule has 8 heteroatoms. The molecule has 2 aromatic heterocycles. The predicted octanol–water partition coefficient (Wildman–Crippen LogP) is 5.71. The van der Waals surface area contributed by atoms with E-state index in [0.29, 0.717) is 23.2 Å². The number of pyridine rings is 1. The summed E-state index contributed by atoms with van der Waals surface area (Å²) in [4.78, 5) is 34.7. The Morgan fingerprint density at radius 2 is 1.82 bits per heavy atom. The number of aromatic nitrogens is 3. The van der Waals surface area contributed by atoms with Crippen LogP contribution in [0.3, 0.4) is 0 Å². The lowest BCUT2D eigenvalue weighted by Crippen LogP contribution is -2.47. The zero-order chi connectivity index (χ0) is 32.1. The maximum Gasteiger partial charge on any atom is 0.262 e. The first-order valence-corrected chi connectivity index (χ1v) is 14.8. The molecule has 228 valence electrons. The molecule has 1 aliphatic rings. The summed E-state index contributed by atoms with van der Waals surface area (Å²) in [5.74, 6) is 1.64. The van der Waals surface area contributed by atoms with Crippen molar-refractivity contribution >= 4 is 17.5 Å². The predicted molar refractivity (Wildman–Crippen MR) is 176 cm³/mol. The van der Waals surface area contributed by atoms with Crippen LogP contribution in [0.1, 0.15) is 61.6 Å². The van der Waals surface area contributed by atoms with E-state index in [-0.39, 0.29) is 5.41 Å².